The lowest BCUT2D eigenvalue weighted by Gasteiger charge is -2.19. The fourth-order valence-electron chi connectivity index (χ4n) is 1.33. The van der Waals surface area contributed by atoms with Gasteiger partial charge in [-0.3, -0.25) is 0 Å². The lowest BCUT2D eigenvalue weighted by Crippen LogP contribution is -2.23. The fourth-order valence-corrected chi connectivity index (χ4v) is 1.33. The van der Waals surface area contributed by atoms with Crippen LogP contribution in [-0.4, -0.2) is 23.6 Å². The molecule has 0 aliphatic carbocycles. The number of rotatable bonds is 5. The largest absolute Gasteiger partial charge is 0.573 e. The summed E-state index contributed by atoms with van der Waals surface area (Å²) in [6, 6.07) is 5.79. The highest BCUT2D eigenvalue weighted by Crippen LogP contribution is 2.29. The Morgan fingerprint density at radius 3 is 2.39 bits per heavy atom. The second-order valence-electron chi connectivity index (χ2n) is 4.53. The molecular formula is C12H16F3NO2. The summed E-state index contributed by atoms with van der Waals surface area (Å²) in [6.45, 7) is 3.61. The van der Waals surface area contributed by atoms with Gasteiger partial charge in [0, 0.05) is 6.54 Å². The molecule has 0 aliphatic rings. The first-order valence-corrected chi connectivity index (χ1v) is 5.48. The maximum absolute atomic E-state index is 12.1. The van der Waals surface area contributed by atoms with Crippen molar-refractivity contribution in [3.8, 4) is 5.75 Å². The van der Waals surface area contributed by atoms with E-state index in [0.29, 0.717) is 13.0 Å². The number of nitrogens with one attached hydrogen (secondary N) is 1. The summed E-state index contributed by atoms with van der Waals surface area (Å²) in [4.78, 5) is 0. The van der Waals surface area contributed by atoms with Crippen molar-refractivity contribution in [2.45, 2.75) is 32.2 Å². The number of benzene rings is 1. The summed E-state index contributed by atoms with van der Waals surface area (Å²) in [5.74, 6) is -0.277. The number of anilines is 1. The highest BCUT2D eigenvalue weighted by Gasteiger charge is 2.32. The van der Waals surface area contributed by atoms with Crippen molar-refractivity contribution in [3.05, 3.63) is 24.3 Å². The van der Waals surface area contributed by atoms with Gasteiger partial charge in [0.25, 0.3) is 0 Å². The molecule has 0 fully saturated rings. The number of para-hydroxylation sites is 2. The van der Waals surface area contributed by atoms with Crippen LogP contribution in [0.2, 0.25) is 0 Å². The summed E-state index contributed by atoms with van der Waals surface area (Å²) in [5.41, 5.74) is -0.619. The predicted molar refractivity (Wildman–Crippen MR) is 62.5 cm³/mol. The second-order valence-corrected chi connectivity index (χ2v) is 4.53. The number of hydrogen-bond donors (Lipinski definition) is 2. The number of aliphatic hydroxyl groups is 1. The van der Waals surface area contributed by atoms with Crippen LogP contribution in [0.1, 0.15) is 20.3 Å². The third kappa shape index (κ3) is 5.77. The zero-order chi connectivity index (χ0) is 13.8. The maximum Gasteiger partial charge on any atom is 0.573 e. The Balaban J connectivity index is 2.65. The molecule has 102 valence electrons. The van der Waals surface area contributed by atoms with E-state index in [1.165, 1.54) is 18.2 Å². The summed E-state index contributed by atoms with van der Waals surface area (Å²) < 4.78 is 40.3. The lowest BCUT2D eigenvalue weighted by molar-refractivity contribution is -0.274. The monoisotopic (exact) mass is 263 g/mol. The normalized spacial score (nSPS) is 12.3. The van der Waals surface area contributed by atoms with Crippen LogP contribution in [0.25, 0.3) is 0 Å². The molecule has 0 radical (unpaired) electrons. The van der Waals surface area contributed by atoms with E-state index < -0.39 is 12.0 Å². The summed E-state index contributed by atoms with van der Waals surface area (Å²) in [6.07, 6.45) is -4.30. The van der Waals surface area contributed by atoms with Gasteiger partial charge in [0.05, 0.1) is 11.3 Å². The van der Waals surface area contributed by atoms with Crippen LogP contribution in [0, 0.1) is 0 Å². The molecule has 0 saturated carbocycles. The van der Waals surface area contributed by atoms with Gasteiger partial charge < -0.3 is 15.2 Å². The van der Waals surface area contributed by atoms with Gasteiger partial charge in [0.2, 0.25) is 0 Å². The van der Waals surface area contributed by atoms with Gasteiger partial charge in [-0.25, -0.2) is 0 Å². The molecule has 0 spiro atoms. The number of ether oxygens (including phenoxy) is 1. The van der Waals surface area contributed by atoms with Crippen molar-refractivity contribution < 1.29 is 23.0 Å². The minimum atomic E-state index is -4.71. The van der Waals surface area contributed by atoms with Gasteiger partial charge >= 0.3 is 6.36 Å². The highest BCUT2D eigenvalue weighted by atomic mass is 19.4. The first kappa shape index (κ1) is 14.6. The van der Waals surface area contributed by atoms with Crippen LogP contribution in [0.4, 0.5) is 18.9 Å². The van der Waals surface area contributed by atoms with Crippen molar-refractivity contribution in [1.82, 2.24) is 0 Å². The van der Waals surface area contributed by atoms with E-state index in [1.807, 2.05) is 0 Å². The van der Waals surface area contributed by atoms with E-state index >= 15 is 0 Å². The van der Waals surface area contributed by atoms with Crippen LogP contribution in [-0.2, 0) is 0 Å². The van der Waals surface area contributed by atoms with E-state index in [9.17, 15) is 18.3 Å². The van der Waals surface area contributed by atoms with Crippen LogP contribution in [0.5, 0.6) is 5.75 Å². The van der Waals surface area contributed by atoms with Crippen molar-refractivity contribution in [1.29, 1.82) is 0 Å². The molecule has 6 heteroatoms. The SMILES string of the molecule is CC(C)(O)CCNc1ccccc1OC(F)(F)F. The number of alkyl halides is 3. The van der Waals surface area contributed by atoms with Gasteiger partial charge in [-0.05, 0) is 32.4 Å². The van der Waals surface area contributed by atoms with Gasteiger partial charge in [-0.2, -0.15) is 0 Å². The molecule has 3 nitrogen and oxygen atoms in total. The summed E-state index contributed by atoms with van der Waals surface area (Å²) >= 11 is 0. The molecule has 0 saturated heterocycles. The zero-order valence-corrected chi connectivity index (χ0v) is 10.2. The third-order valence-electron chi connectivity index (χ3n) is 2.16. The van der Waals surface area contributed by atoms with E-state index in [-0.39, 0.29) is 11.4 Å². The van der Waals surface area contributed by atoms with Gasteiger partial charge in [-0.15, -0.1) is 13.2 Å². The van der Waals surface area contributed by atoms with Crippen molar-refractivity contribution in [3.63, 3.8) is 0 Å². The Kier molecular flexibility index (Phi) is 4.45. The minimum Gasteiger partial charge on any atom is -0.404 e. The molecule has 1 rings (SSSR count). The first-order chi connectivity index (χ1) is 8.17. The van der Waals surface area contributed by atoms with E-state index in [0.717, 1.165) is 0 Å². The van der Waals surface area contributed by atoms with E-state index in [1.54, 1.807) is 19.9 Å². The average Bonchev–Trinajstić information content (AvgIpc) is 2.16. The molecule has 2 N–H and O–H groups in total. The van der Waals surface area contributed by atoms with Crippen molar-refractivity contribution >= 4 is 5.69 Å². The smallest absolute Gasteiger partial charge is 0.404 e. The molecular weight excluding hydrogens is 247 g/mol. The van der Waals surface area contributed by atoms with Crippen LogP contribution in [0.15, 0.2) is 24.3 Å². The molecule has 0 bridgehead atoms. The fraction of sp³-hybridized carbons (Fsp3) is 0.500. The second kappa shape index (κ2) is 5.48. The van der Waals surface area contributed by atoms with Crippen molar-refractivity contribution in [2.24, 2.45) is 0 Å². The zero-order valence-electron chi connectivity index (χ0n) is 10.2. The quantitative estimate of drug-likeness (QED) is 0.857. The Labute approximate surface area is 104 Å². The standard InChI is InChI=1S/C12H16F3NO2/c1-11(2,17)7-8-16-9-5-3-4-6-10(9)18-12(13,14)15/h3-6,16-17H,7-8H2,1-2H3. The number of hydrogen-bond acceptors (Lipinski definition) is 3. The highest BCUT2D eigenvalue weighted by molar-refractivity contribution is 5.56. The molecule has 0 amide bonds. The van der Waals surface area contributed by atoms with Crippen LogP contribution >= 0.6 is 0 Å². The minimum absolute atomic E-state index is 0.249. The third-order valence-corrected chi connectivity index (χ3v) is 2.16. The Hall–Kier alpha value is -1.43. The average molecular weight is 263 g/mol. The predicted octanol–water partition coefficient (Wildman–Crippen LogP) is 3.16. The molecule has 1 aromatic rings. The number of halogens is 3. The Bertz CT molecular complexity index is 386. The van der Waals surface area contributed by atoms with Crippen molar-refractivity contribution in [2.75, 3.05) is 11.9 Å². The first-order valence-electron chi connectivity index (χ1n) is 5.48. The van der Waals surface area contributed by atoms with Gasteiger partial charge in [-0.1, -0.05) is 12.1 Å². The summed E-state index contributed by atoms with van der Waals surface area (Å²) in [5, 5.41) is 12.3. The lowest BCUT2D eigenvalue weighted by atomic mass is 10.1. The molecule has 18 heavy (non-hydrogen) atoms. The summed E-state index contributed by atoms with van der Waals surface area (Å²) in [7, 11) is 0. The maximum atomic E-state index is 12.1. The van der Waals surface area contributed by atoms with E-state index in [4.69, 9.17) is 0 Å². The molecule has 0 aromatic heterocycles. The topological polar surface area (TPSA) is 41.5 Å². The van der Waals surface area contributed by atoms with Crippen LogP contribution in [0.3, 0.4) is 0 Å². The van der Waals surface area contributed by atoms with E-state index in [2.05, 4.69) is 10.1 Å². The van der Waals surface area contributed by atoms with Crippen LogP contribution < -0.4 is 10.1 Å². The van der Waals surface area contributed by atoms with Gasteiger partial charge in [0.1, 0.15) is 0 Å². The molecule has 1 aromatic carbocycles. The molecule has 0 aliphatic heterocycles. The molecule has 0 heterocycles. The van der Waals surface area contributed by atoms with Gasteiger partial charge in [0.15, 0.2) is 5.75 Å². The Morgan fingerprint density at radius 2 is 1.83 bits per heavy atom. The molecule has 0 atom stereocenters. The molecule has 0 unspecified atom stereocenters. The Morgan fingerprint density at radius 1 is 1.22 bits per heavy atom.